The van der Waals surface area contributed by atoms with Gasteiger partial charge in [-0.05, 0) is 30.3 Å². The number of carboxylic acids is 1. The average molecular weight is 407 g/mol. The summed E-state index contributed by atoms with van der Waals surface area (Å²) in [6.07, 6.45) is 1.28. The van der Waals surface area contributed by atoms with Crippen LogP contribution in [0.25, 0.3) is 5.69 Å². The summed E-state index contributed by atoms with van der Waals surface area (Å²) in [4.78, 5) is 24.1. The molecule has 0 unspecified atom stereocenters. The van der Waals surface area contributed by atoms with Crippen LogP contribution in [-0.2, 0) is 4.74 Å². The summed E-state index contributed by atoms with van der Waals surface area (Å²) in [5.41, 5.74) is 5.60. The third kappa shape index (κ3) is 3.62. The minimum Gasteiger partial charge on any atom is -0.493 e. The number of anilines is 1. The van der Waals surface area contributed by atoms with E-state index >= 15 is 0 Å². The van der Waals surface area contributed by atoms with Crippen LogP contribution in [-0.4, -0.2) is 35.8 Å². The standard InChI is InChI=1S/C21H17N3O6/c1-28-16-5-3-4-6-17(16)30-13-7-8-15(14(9-13)20(25)26)24-11-12(10-22)18(23)19(24)21(27)29-2/h3-9,11H,23H2,1-2H3,(H,25,26). The number of hydrogen-bond donors (Lipinski definition) is 2. The number of hydrogen-bond acceptors (Lipinski definition) is 7. The van der Waals surface area contributed by atoms with Gasteiger partial charge >= 0.3 is 11.9 Å². The number of rotatable bonds is 6. The molecule has 0 aliphatic rings. The van der Waals surface area contributed by atoms with Crippen molar-refractivity contribution in [1.29, 1.82) is 5.26 Å². The van der Waals surface area contributed by atoms with Crippen LogP contribution in [0.3, 0.4) is 0 Å². The molecule has 1 heterocycles. The van der Waals surface area contributed by atoms with Crippen LogP contribution in [0.15, 0.2) is 48.7 Å². The number of esters is 1. The number of nitrogen functional groups attached to an aromatic ring is 1. The van der Waals surface area contributed by atoms with Gasteiger partial charge in [-0.2, -0.15) is 5.26 Å². The largest absolute Gasteiger partial charge is 0.493 e. The number of nitriles is 1. The molecule has 0 fully saturated rings. The smallest absolute Gasteiger partial charge is 0.357 e. The minimum absolute atomic E-state index is 0.0149. The Morgan fingerprint density at radius 1 is 1.13 bits per heavy atom. The zero-order valence-corrected chi connectivity index (χ0v) is 16.1. The lowest BCUT2D eigenvalue weighted by Crippen LogP contribution is -2.13. The van der Waals surface area contributed by atoms with Gasteiger partial charge in [0.2, 0.25) is 0 Å². The molecule has 9 heteroatoms. The van der Waals surface area contributed by atoms with Crippen molar-refractivity contribution in [2.75, 3.05) is 20.0 Å². The molecule has 0 saturated carbocycles. The highest BCUT2D eigenvalue weighted by Crippen LogP contribution is 2.33. The monoisotopic (exact) mass is 407 g/mol. The lowest BCUT2D eigenvalue weighted by atomic mass is 10.1. The van der Waals surface area contributed by atoms with Crippen LogP contribution in [0.5, 0.6) is 17.2 Å². The maximum absolute atomic E-state index is 12.2. The second-order valence-corrected chi connectivity index (χ2v) is 6.02. The quantitative estimate of drug-likeness (QED) is 0.594. The van der Waals surface area contributed by atoms with Gasteiger partial charge in [0.15, 0.2) is 17.2 Å². The molecule has 0 aliphatic heterocycles. The normalized spacial score (nSPS) is 10.2. The van der Waals surface area contributed by atoms with Gasteiger partial charge in [0, 0.05) is 6.20 Å². The molecule has 30 heavy (non-hydrogen) atoms. The van der Waals surface area contributed by atoms with Crippen LogP contribution in [0.4, 0.5) is 5.69 Å². The molecule has 152 valence electrons. The summed E-state index contributed by atoms with van der Waals surface area (Å²) in [6, 6.07) is 13.0. The first-order chi connectivity index (χ1) is 14.4. The van der Waals surface area contributed by atoms with Crippen molar-refractivity contribution in [2.24, 2.45) is 0 Å². The molecule has 9 nitrogen and oxygen atoms in total. The number of para-hydroxylation sites is 2. The van der Waals surface area contributed by atoms with E-state index in [0.717, 1.165) is 7.11 Å². The van der Waals surface area contributed by atoms with E-state index in [0.29, 0.717) is 11.5 Å². The Morgan fingerprint density at radius 3 is 2.43 bits per heavy atom. The molecule has 0 amide bonds. The van der Waals surface area contributed by atoms with E-state index in [9.17, 15) is 20.0 Å². The number of carbonyl (C=O) groups excluding carboxylic acids is 1. The zero-order valence-electron chi connectivity index (χ0n) is 16.1. The number of carboxylic acid groups (broad SMARTS) is 1. The first-order valence-electron chi connectivity index (χ1n) is 8.59. The molecular formula is C21H17N3O6. The first-order valence-corrected chi connectivity index (χ1v) is 8.59. The molecule has 0 radical (unpaired) electrons. The number of nitrogens with zero attached hydrogens (tertiary/aromatic N) is 2. The number of benzene rings is 2. The van der Waals surface area contributed by atoms with E-state index in [1.807, 2.05) is 6.07 Å². The van der Waals surface area contributed by atoms with Crippen LogP contribution in [0, 0.1) is 11.3 Å². The molecule has 0 aliphatic carbocycles. The van der Waals surface area contributed by atoms with E-state index in [4.69, 9.17) is 19.9 Å². The topological polar surface area (TPSA) is 137 Å². The lowest BCUT2D eigenvalue weighted by molar-refractivity contribution is 0.0591. The second kappa shape index (κ2) is 8.28. The van der Waals surface area contributed by atoms with Crippen molar-refractivity contribution in [2.45, 2.75) is 0 Å². The predicted octanol–water partition coefficient (Wildman–Crippen LogP) is 3.22. The Labute approximate surface area is 171 Å². The summed E-state index contributed by atoms with van der Waals surface area (Å²) in [7, 11) is 2.65. The Hall–Kier alpha value is -4.45. The van der Waals surface area contributed by atoms with Gasteiger partial charge < -0.3 is 29.6 Å². The molecule has 2 aromatic carbocycles. The van der Waals surface area contributed by atoms with E-state index in [1.54, 1.807) is 24.3 Å². The number of nitrogens with two attached hydrogens (primary N) is 1. The van der Waals surface area contributed by atoms with Crippen molar-refractivity contribution in [3.05, 3.63) is 65.5 Å². The predicted molar refractivity (Wildman–Crippen MR) is 106 cm³/mol. The van der Waals surface area contributed by atoms with Crippen molar-refractivity contribution in [3.63, 3.8) is 0 Å². The van der Waals surface area contributed by atoms with Crippen LogP contribution in [0.2, 0.25) is 0 Å². The fourth-order valence-electron chi connectivity index (χ4n) is 2.89. The van der Waals surface area contributed by atoms with Crippen molar-refractivity contribution < 1.29 is 28.9 Å². The Morgan fingerprint density at radius 2 is 1.83 bits per heavy atom. The second-order valence-electron chi connectivity index (χ2n) is 6.02. The first kappa shape index (κ1) is 20.3. The maximum atomic E-state index is 12.2. The summed E-state index contributed by atoms with van der Waals surface area (Å²) in [5.74, 6) is -0.961. The number of methoxy groups -OCH3 is 2. The highest BCUT2D eigenvalue weighted by molar-refractivity contribution is 5.98. The van der Waals surface area contributed by atoms with Crippen LogP contribution >= 0.6 is 0 Å². The Kier molecular flexibility index (Phi) is 5.60. The molecule has 0 saturated heterocycles. The maximum Gasteiger partial charge on any atom is 0.357 e. The molecule has 3 rings (SSSR count). The van der Waals surface area contributed by atoms with Crippen LogP contribution in [0.1, 0.15) is 26.4 Å². The van der Waals surface area contributed by atoms with E-state index in [-0.39, 0.29) is 33.9 Å². The van der Waals surface area contributed by atoms with Crippen molar-refractivity contribution in [3.8, 4) is 29.0 Å². The zero-order chi connectivity index (χ0) is 21.8. The fraction of sp³-hybridized carbons (Fsp3) is 0.0952. The van der Waals surface area contributed by atoms with Gasteiger partial charge in [0.1, 0.15) is 11.8 Å². The number of ether oxygens (including phenoxy) is 3. The lowest BCUT2D eigenvalue weighted by Gasteiger charge is -2.14. The Balaban J connectivity index is 2.13. The van der Waals surface area contributed by atoms with Gasteiger partial charge in [-0.15, -0.1) is 0 Å². The van der Waals surface area contributed by atoms with E-state index < -0.39 is 11.9 Å². The molecule has 3 aromatic rings. The third-order valence-corrected chi connectivity index (χ3v) is 4.30. The molecule has 1 aromatic heterocycles. The number of carbonyl (C=O) groups is 2. The SMILES string of the molecule is COC(=O)c1c(N)c(C#N)cn1-c1ccc(Oc2ccccc2OC)cc1C(=O)O. The molecule has 3 N–H and O–H groups in total. The summed E-state index contributed by atoms with van der Waals surface area (Å²) < 4.78 is 16.9. The minimum atomic E-state index is -1.27. The molecular weight excluding hydrogens is 390 g/mol. The van der Waals surface area contributed by atoms with Gasteiger partial charge in [-0.25, -0.2) is 9.59 Å². The number of aromatic carboxylic acids is 1. The number of aromatic nitrogens is 1. The molecule has 0 atom stereocenters. The van der Waals surface area contributed by atoms with E-state index in [2.05, 4.69) is 0 Å². The van der Waals surface area contributed by atoms with E-state index in [1.165, 1.54) is 36.1 Å². The van der Waals surface area contributed by atoms with Crippen molar-refractivity contribution in [1.82, 2.24) is 4.57 Å². The van der Waals surface area contributed by atoms with Crippen molar-refractivity contribution >= 4 is 17.6 Å². The summed E-state index contributed by atoms with van der Waals surface area (Å²) >= 11 is 0. The fourth-order valence-corrected chi connectivity index (χ4v) is 2.89. The molecule has 0 bridgehead atoms. The van der Waals surface area contributed by atoms with Gasteiger partial charge in [0.25, 0.3) is 0 Å². The van der Waals surface area contributed by atoms with Crippen LogP contribution < -0.4 is 15.2 Å². The summed E-state index contributed by atoms with van der Waals surface area (Å²) in [6.45, 7) is 0. The highest BCUT2D eigenvalue weighted by Gasteiger charge is 2.24. The third-order valence-electron chi connectivity index (χ3n) is 4.30. The molecule has 0 spiro atoms. The highest BCUT2D eigenvalue weighted by atomic mass is 16.5. The van der Waals surface area contributed by atoms with Gasteiger partial charge in [0.05, 0.1) is 36.7 Å². The van der Waals surface area contributed by atoms with Gasteiger partial charge in [-0.1, -0.05) is 12.1 Å². The summed E-state index contributed by atoms with van der Waals surface area (Å²) in [5, 5.41) is 19.0. The average Bonchev–Trinajstić information content (AvgIpc) is 3.09. The Bertz CT molecular complexity index is 1180. The van der Waals surface area contributed by atoms with Gasteiger partial charge in [-0.3, -0.25) is 0 Å².